The molecule has 2 N–H and O–H groups in total. The number of carbonyl (C=O) groups is 2. The highest BCUT2D eigenvalue weighted by Crippen LogP contribution is 2.26. The third-order valence-electron chi connectivity index (χ3n) is 3.31. The molecule has 0 aromatic carbocycles. The van der Waals surface area contributed by atoms with Gasteiger partial charge in [-0.15, -0.1) is 0 Å². The predicted molar refractivity (Wildman–Crippen MR) is 75.1 cm³/mol. The first kappa shape index (κ1) is 16.8. The van der Waals surface area contributed by atoms with Crippen molar-refractivity contribution in [3.63, 3.8) is 0 Å². The van der Waals surface area contributed by atoms with Crippen molar-refractivity contribution in [3.05, 3.63) is 0 Å². The van der Waals surface area contributed by atoms with Crippen LogP contribution in [0.3, 0.4) is 0 Å². The van der Waals surface area contributed by atoms with E-state index in [0.29, 0.717) is 13.0 Å². The van der Waals surface area contributed by atoms with Gasteiger partial charge in [-0.05, 0) is 40.0 Å². The quantitative estimate of drug-likeness (QED) is 0.811. The van der Waals surface area contributed by atoms with Crippen LogP contribution in [0, 0.1) is 5.92 Å². The minimum Gasteiger partial charge on any atom is -0.481 e. The van der Waals surface area contributed by atoms with Gasteiger partial charge >= 0.3 is 12.1 Å². The third kappa shape index (κ3) is 5.00. The lowest BCUT2D eigenvalue weighted by Gasteiger charge is -2.30. The van der Waals surface area contributed by atoms with Crippen LogP contribution in [-0.2, 0) is 9.53 Å². The van der Waals surface area contributed by atoms with Crippen LogP contribution in [0.15, 0.2) is 0 Å². The Morgan fingerprint density at radius 1 is 1.45 bits per heavy atom. The summed E-state index contributed by atoms with van der Waals surface area (Å²) < 4.78 is 5.21. The Bertz CT molecular complexity index is 352. The number of nitrogens with zero attached hydrogens (tertiary/aromatic N) is 1. The van der Waals surface area contributed by atoms with Crippen molar-refractivity contribution in [1.29, 1.82) is 0 Å². The molecular weight excluding hydrogens is 260 g/mol. The van der Waals surface area contributed by atoms with E-state index < -0.39 is 23.6 Å². The van der Waals surface area contributed by atoms with Gasteiger partial charge in [0.15, 0.2) is 0 Å². The maximum atomic E-state index is 11.8. The SMILES string of the molecule is CCCC(C(=O)O)C1CCCN1NC(=O)OC(C)(C)C. The summed E-state index contributed by atoms with van der Waals surface area (Å²) in [6.07, 6.45) is 2.58. The lowest BCUT2D eigenvalue weighted by atomic mass is 9.93. The predicted octanol–water partition coefficient (Wildman–Crippen LogP) is 2.39. The van der Waals surface area contributed by atoms with Crippen molar-refractivity contribution in [1.82, 2.24) is 10.4 Å². The van der Waals surface area contributed by atoms with Gasteiger partial charge < -0.3 is 9.84 Å². The molecule has 116 valence electrons. The molecule has 0 aromatic rings. The van der Waals surface area contributed by atoms with Crippen molar-refractivity contribution in [2.45, 2.75) is 65.0 Å². The molecule has 0 aliphatic carbocycles. The zero-order valence-corrected chi connectivity index (χ0v) is 12.8. The number of amides is 1. The molecule has 1 fully saturated rings. The molecule has 20 heavy (non-hydrogen) atoms. The normalized spacial score (nSPS) is 21.5. The summed E-state index contributed by atoms with van der Waals surface area (Å²) in [6, 6.07) is -0.153. The average molecular weight is 286 g/mol. The van der Waals surface area contributed by atoms with Crippen LogP contribution < -0.4 is 5.43 Å². The highest BCUT2D eigenvalue weighted by molar-refractivity contribution is 5.71. The molecule has 0 spiro atoms. The molecule has 2 atom stereocenters. The van der Waals surface area contributed by atoms with E-state index in [1.54, 1.807) is 25.8 Å². The minimum absolute atomic E-state index is 0.153. The third-order valence-corrected chi connectivity index (χ3v) is 3.31. The molecule has 1 amide bonds. The van der Waals surface area contributed by atoms with Gasteiger partial charge in [-0.1, -0.05) is 13.3 Å². The maximum Gasteiger partial charge on any atom is 0.422 e. The fourth-order valence-electron chi connectivity index (χ4n) is 2.56. The Hall–Kier alpha value is -1.30. The molecule has 0 saturated carbocycles. The Balaban J connectivity index is 2.64. The van der Waals surface area contributed by atoms with E-state index in [-0.39, 0.29) is 6.04 Å². The second kappa shape index (κ2) is 6.92. The molecule has 1 heterocycles. The maximum absolute atomic E-state index is 11.8. The molecule has 1 saturated heterocycles. The number of carboxylic acid groups (broad SMARTS) is 1. The first-order chi connectivity index (χ1) is 9.24. The Morgan fingerprint density at radius 3 is 2.60 bits per heavy atom. The molecule has 0 aromatic heterocycles. The van der Waals surface area contributed by atoms with E-state index in [0.717, 1.165) is 19.3 Å². The topological polar surface area (TPSA) is 78.9 Å². The number of carboxylic acids is 1. The summed E-state index contributed by atoms with van der Waals surface area (Å²) >= 11 is 0. The van der Waals surface area contributed by atoms with Gasteiger partial charge in [0.25, 0.3) is 0 Å². The van der Waals surface area contributed by atoms with Crippen LogP contribution >= 0.6 is 0 Å². The van der Waals surface area contributed by atoms with Gasteiger partial charge in [0, 0.05) is 12.6 Å². The van der Waals surface area contributed by atoms with Crippen molar-refractivity contribution < 1.29 is 19.4 Å². The van der Waals surface area contributed by atoms with Crippen LogP contribution in [0.1, 0.15) is 53.4 Å². The largest absolute Gasteiger partial charge is 0.481 e. The molecule has 0 radical (unpaired) electrons. The van der Waals surface area contributed by atoms with Crippen LogP contribution in [0.5, 0.6) is 0 Å². The molecule has 2 unspecified atom stereocenters. The Labute approximate surface area is 120 Å². The van der Waals surface area contributed by atoms with Crippen molar-refractivity contribution in [3.8, 4) is 0 Å². The van der Waals surface area contributed by atoms with Gasteiger partial charge in [0.1, 0.15) is 5.60 Å². The van der Waals surface area contributed by atoms with Crippen molar-refractivity contribution in [2.24, 2.45) is 5.92 Å². The van der Waals surface area contributed by atoms with Gasteiger partial charge in [-0.3, -0.25) is 10.2 Å². The lowest BCUT2D eigenvalue weighted by molar-refractivity contribution is -0.144. The molecule has 6 nitrogen and oxygen atoms in total. The minimum atomic E-state index is -0.797. The number of ether oxygens (including phenoxy) is 1. The van der Waals surface area contributed by atoms with E-state index in [2.05, 4.69) is 5.43 Å². The van der Waals surface area contributed by atoms with E-state index in [9.17, 15) is 14.7 Å². The second-order valence-electron chi connectivity index (χ2n) is 6.25. The summed E-state index contributed by atoms with van der Waals surface area (Å²) in [5.41, 5.74) is 2.13. The Kier molecular flexibility index (Phi) is 5.80. The first-order valence-corrected chi connectivity index (χ1v) is 7.23. The van der Waals surface area contributed by atoms with E-state index in [4.69, 9.17) is 4.74 Å². The lowest BCUT2D eigenvalue weighted by Crippen LogP contribution is -2.50. The summed E-state index contributed by atoms with van der Waals surface area (Å²) in [4.78, 5) is 23.2. The van der Waals surface area contributed by atoms with E-state index in [1.807, 2.05) is 6.92 Å². The zero-order valence-electron chi connectivity index (χ0n) is 12.8. The summed E-state index contributed by atoms with van der Waals surface area (Å²) in [7, 11) is 0. The molecule has 1 aliphatic rings. The summed E-state index contributed by atoms with van der Waals surface area (Å²) in [6.45, 7) is 8.02. The van der Waals surface area contributed by atoms with Gasteiger partial charge in [-0.2, -0.15) is 0 Å². The van der Waals surface area contributed by atoms with Crippen LogP contribution in [0.4, 0.5) is 4.79 Å². The van der Waals surface area contributed by atoms with Crippen LogP contribution in [0.2, 0.25) is 0 Å². The summed E-state index contributed by atoms with van der Waals surface area (Å²) in [5.74, 6) is -1.24. The number of hydrogen-bond donors (Lipinski definition) is 2. The zero-order chi connectivity index (χ0) is 15.3. The highest BCUT2D eigenvalue weighted by atomic mass is 16.6. The highest BCUT2D eigenvalue weighted by Gasteiger charge is 2.36. The number of hydrogen-bond acceptors (Lipinski definition) is 4. The molecule has 6 heteroatoms. The standard InChI is InChI=1S/C14H26N2O4/c1-5-7-10(12(17)18)11-8-6-9-16(11)15-13(19)20-14(2,3)4/h10-11H,5-9H2,1-4H3,(H,15,19)(H,17,18). The van der Waals surface area contributed by atoms with Gasteiger partial charge in [0.2, 0.25) is 0 Å². The van der Waals surface area contributed by atoms with E-state index in [1.165, 1.54) is 0 Å². The number of rotatable bonds is 5. The average Bonchev–Trinajstić information content (AvgIpc) is 2.70. The van der Waals surface area contributed by atoms with Gasteiger partial charge in [-0.25, -0.2) is 9.80 Å². The molecule has 0 bridgehead atoms. The van der Waals surface area contributed by atoms with Crippen LogP contribution in [-0.4, -0.2) is 40.4 Å². The fraction of sp³-hybridized carbons (Fsp3) is 0.857. The first-order valence-electron chi connectivity index (χ1n) is 7.23. The van der Waals surface area contributed by atoms with Crippen molar-refractivity contribution in [2.75, 3.05) is 6.54 Å². The number of carbonyl (C=O) groups excluding carboxylic acids is 1. The van der Waals surface area contributed by atoms with Crippen molar-refractivity contribution >= 4 is 12.1 Å². The monoisotopic (exact) mass is 286 g/mol. The second-order valence-corrected chi connectivity index (χ2v) is 6.25. The number of hydrazine groups is 1. The number of aliphatic carboxylic acids is 1. The molecular formula is C14H26N2O4. The van der Waals surface area contributed by atoms with Gasteiger partial charge in [0.05, 0.1) is 5.92 Å². The molecule has 1 aliphatic heterocycles. The fourth-order valence-corrected chi connectivity index (χ4v) is 2.56. The van der Waals surface area contributed by atoms with Crippen LogP contribution in [0.25, 0.3) is 0 Å². The Morgan fingerprint density at radius 2 is 2.10 bits per heavy atom. The van der Waals surface area contributed by atoms with E-state index >= 15 is 0 Å². The smallest absolute Gasteiger partial charge is 0.422 e. The molecule has 1 rings (SSSR count). The summed E-state index contributed by atoms with van der Waals surface area (Å²) in [5, 5.41) is 11.1. The number of nitrogens with one attached hydrogen (secondary N) is 1.